The van der Waals surface area contributed by atoms with Gasteiger partial charge in [0.05, 0.1) is 0 Å². The van der Waals surface area contributed by atoms with Crippen molar-refractivity contribution in [2.75, 3.05) is 6.54 Å². The van der Waals surface area contributed by atoms with Crippen molar-refractivity contribution in [2.45, 2.75) is 45.4 Å². The molecule has 1 aliphatic rings. The molecule has 1 fully saturated rings. The summed E-state index contributed by atoms with van der Waals surface area (Å²) in [4.78, 5) is 4.66. The van der Waals surface area contributed by atoms with Crippen LogP contribution in [-0.2, 0) is 13.5 Å². The Labute approximate surface area is 104 Å². The van der Waals surface area contributed by atoms with Crippen molar-refractivity contribution in [3.8, 4) is 0 Å². The van der Waals surface area contributed by atoms with Crippen molar-refractivity contribution in [1.29, 1.82) is 0 Å². The average molecular weight is 236 g/mol. The Kier molecular flexibility index (Phi) is 3.82. The molecule has 0 aromatic carbocycles. The highest BCUT2D eigenvalue weighted by atomic mass is 15.3. The molecule has 2 rings (SSSR count). The van der Waals surface area contributed by atoms with Gasteiger partial charge in [-0.25, -0.2) is 4.98 Å². The first-order valence-electron chi connectivity index (χ1n) is 6.70. The van der Waals surface area contributed by atoms with Crippen LogP contribution in [-0.4, -0.2) is 21.3 Å². The molecule has 0 bridgehead atoms. The smallest absolute Gasteiger partial charge is 0.154 e. The van der Waals surface area contributed by atoms with Crippen LogP contribution < -0.4 is 5.73 Å². The fraction of sp³-hybridized carbons (Fsp3) is 0.846. The largest absolute Gasteiger partial charge is 0.330 e. The zero-order valence-corrected chi connectivity index (χ0v) is 11.2. The summed E-state index contributed by atoms with van der Waals surface area (Å²) >= 11 is 0. The van der Waals surface area contributed by atoms with Crippen molar-refractivity contribution >= 4 is 0 Å². The van der Waals surface area contributed by atoms with E-state index in [1.54, 1.807) is 0 Å². The second-order valence-corrected chi connectivity index (χ2v) is 5.72. The minimum atomic E-state index is 0.532. The molecular weight excluding hydrogens is 212 g/mol. The quantitative estimate of drug-likeness (QED) is 0.820. The first kappa shape index (κ1) is 12.6. The molecule has 0 spiro atoms. The summed E-state index contributed by atoms with van der Waals surface area (Å²) in [5.41, 5.74) is 5.84. The minimum absolute atomic E-state index is 0.532. The van der Waals surface area contributed by atoms with Crippen LogP contribution in [0.15, 0.2) is 0 Å². The first-order chi connectivity index (χ1) is 8.10. The molecule has 96 valence electrons. The van der Waals surface area contributed by atoms with Gasteiger partial charge in [-0.15, -0.1) is 0 Å². The maximum atomic E-state index is 5.84. The van der Waals surface area contributed by atoms with E-state index in [0.717, 1.165) is 24.6 Å². The van der Waals surface area contributed by atoms with Crippen LogP contribution in [0, 0.1) is 11.8 Å². The summed E-state index contributed by atoms with van der Waals surface area (Å²) in [5, 5.41) is 4.50. The van der Waals surface area contributed by atoms with Crippen LogP contribution >= 0.6 is 0 Å². The van der Waals surface area contributed by atoms with Crippen molar-refractivity contribution in [3.63, 3.8) is 0 Å². The van der Waals surface area contributed by atoms with Crippen LogP contribution in [0.1, 0.15) is 50.7 Å². The lowest BCUT2D eigenvalue weighted by Crippen LogP contribution is -2.20. The molecule has 0 aliphatic heterocycles. The standard InChI is InChI=1S/C13H24N4/c1-9(2)6-10(8-14)7-12-15-13(11-4-5-11)16-17(12)3/h9-11H,4-8,14H2,1-3H3. The van der Waals surface area contributed by atoms with Crippen LogP contribution in [0.3, 0.4) is 0 Å². The number of nitrogens with two attached hydrogens (primary N) is 1. The Morgan fingerprint density at radius 1 is 1.41 bits per heavy atom. The number of aryl methyl sites for hydroxylation is 1. The second kappa shape index (κ2) is 5.17. The molecule has 2 N–H and O–H groups in total. The molecule has 17 heavy (non-hydrogen) atoms. The summed E-state index contributed by atoms with van der Waals surface area (Å²) in [5.74, 6) is 4.01. The first-order valence-corrected chi connectivity index (χ1v) is 6.70. The Morgan fingerprint density at radius 3 is 2.65 bits per heavy atom. The Morgan fingerprint density at radius 2 is 2.12 bits per heavy atom. The van der Waals surface area contributed by atoms with Gasteiger partial charge in [-0.1, -0.05) is 13.8 Å². The number of hydrogen-bond acceptors (Lipinski definition) is 3. The number of nitrogens with zero attached hydrogens (tertiary/aromatic N) is 3. The van der Waals surface area contributed by atoms with Crippen LogP contribution in [0.2, 0.25) is 0 Å². The summed E-state index contributed by atoms with van der Waals surface area (Å²) in [6.45, 7) is 5.23. The van der Waals surface area contributed by atoms with Gasteiger partial charge in [0.2, 0.25) is 0 Å². The second-order valence-electron chi connectivity index (χ2n) is 5.72. The van der Waals surface area contributed by atoms with Crippen molar-refractivity contribution in [1.82, 2.24) is 14.8 Å². The lowest BCUT2D eigenvalue weighted by atomic mass is 9.94. The zero-order valence-electron chi connectivity index (χ0n) is 11.2. The van der Waals surface area contributed by atoms with E-state index in [0.29, 0.717) is 17.8 Å². The highest BCUT2D eigenvalue weighted by Gasteiger charge is 2.28. The molecule has 4 heteroatoms. The highest BCUT2D eigenvalue weighted by Crippen LogP contribution is 2.38. The van der Waals surface area contributed by atoms with E-state index in [9.17, 15) is 0 Å². The van der Waals surface area contributed by atoms with E-state index in [4.69, 9.17) is 5.73 Å². The van der Waals surface area contributed by atoms with E-state index in [1.807, 2.05) is 11.7 Å². The van der Waals surface area contributed by atoms with E-state index in [2.05, 4.69) is 23.9 Å². The lowest BCUT2D eigenvalue weighted by molar-refractivity contribution is 0.403. The van der Waals surface area contributed by atoms with Crippen LogP contribution in [0.25, 0.3) is 0 Å². The van der Waals surface area contributed by atoms with Gasteiger partial charge in [0.1, 0.15) is 5.82 Å². The van der Waals surface area contributed by atoms with E-state index in [-0.39, 0.29) is 0 Å². The van der Waals surface area contributed by atoms with E-state index < -0.39 is 0 Å². The van der Waals surface area contributed by atoms with Crippen molar-refractivity contribution in [3.05, 3.63) is 11.6 Å². The Hall–Kier alpha value is -0.900. The van der Waals surface area contributed by atoms with Crippen molar-refractivity contribution < 1.29 is 0 Å². The SMILES string of the molecule is CC(C)CC(CN)Cc1nc(C2CC2)nn1C. The molecule has 1 atom stereocenters. The third-order valence-corrected chi connectivity index (χ3v) is 3.42. The number of rotatable bonds is 6. The van der Waals surface area contributed by atoms with Crippen LogP contribution in [0.4, 0.5) is 0 Å². The van der Waals surface area contributed by atoms with Gasteiger partial charge in [-0.05, 0) is 37.6 Å². The topological polar surface area (TPSA) is 56.7 Å². The van der Waals surface area contributed by atoms with Gasteiger partial charge in [-0.2, -0.15) is 5.10 Å². The summed E-state index contributed by atoms with van der Waals surface area (Å²) < 4.78 is 1.94. The highest BCUT2D eigenvalue weighted by molar-refractivity contribution is 5.06. The van der Waals surface area contributed by atoms with Gasteiger partial charge in [0, 0.05) is 19.4 Å². The zero-order chi connectivity index (χ0) is 12.4. The molecule has 1 aliphatic carbocycles. The van der Waals surface area contributed by atoms with Gasteiger partial charge in [0.15, 0.2) is 5.82 Å². The fourth-order valence-electron chi connectivity index (χ4n) is 2.32. The maximum Gasteiger partial charge on any atom is 0.154 e. The third kappa shape index (κ3) is 3.28. The number of hydrogen-bond donors (Lipinski definition) is 1. The van der Waals surface area contributed by atoms with E-state index in [1.165, 1.54) is 19.3 Å². The van der Waals surface area contributed by atoms with Crippen LogP contribution in [0.5, 0.6) is 0 Å². The molecule has 1 unspecified atom stereocenters. The summed E-state index contributed by atoms with van der Waals surface area (Å²) in [6.07, 6.45) is 4.65. The molecule has 0 amide bonds. The van der Waals surface area contributed by atoms with Gasteiger partial charge >= 0.3 is 0 Å². The monoisotopic (exact) mass is 236 g/mol. The molecule has 0 radical (unpaired) electrons. The fourth-order valence-corrected chi connectivity index (χ4v) is 2.32. The molecule has 4 nitrogen and oxygen atoms in total. The molecule has 1 aromatic heterocycles. The van der Waals surface area contributed by atoms with Gasteiger partial charge in [-0.3, -0.25) is 4.68 Å². The maximum absolute atomic E-state index is 5.84. The van der Waals surface area contributed by atoms with Gasteiger partial charge in [0.25, 0.3) is 0 Å². The van der Waals surface area contributed by atoms with E-state index >= 15 is 0 Å². The average Bonchev–Trinajstić information content (AvgIpc) is 3.04. The number of aromatic nitrogens is 3. The summed E-state index contributed by atoms with van der Waals surface area (Å²) in [7, 11) is 2.00. The normalized spacial score (nSPS) is 17.7. The molecule has 1 heterocycles. The van der Waals surface area contributed by atoms with Crippen molar-refractivity contribution in [2.24, 2.45) is 24.6 Å². The molecule has 1 aromatic rings. The van der Waals surface area contributed by atoms with Gasteiger partial charge < -0.3 is 5.73 Å². The summed E-state index contributed by atoms with van der Waals surface area (Å²) in [6, 6.07) is 0. The molecule has 1 saturated carbocycles. The minimum Gasteiger partial charge on any atom is -0.330 e. The molecular formula is C13H24N4. The Bertz CT molecular complexity index is 365. The Balaban J connectivity index is 2.00. The predicted molar refractivity (Wildman–Crippen MR) is 68.7 cm³/mol. The third-order valence-electron chi connectivity index (χ3n) is 3.42. The predicted octanol–water partition coefficient (Wildman–Crippen LogP) is 1.86. The lowest BCUT2D eigenvalue weighted by Gasteiger charge is -2.15. The molecule has 0 saturated heterocycles.